The van der Waals surface area contributed by atoms with E-state index in [1.807, 2.05) is 0 Å². The maximum absolute atomic E-state index is 12.3. The molecule has 1 aliphatic heterocycles. The van der Waals surface area contributed by atoms with Crippen molar-refractivity contribution in [1.29, 1.82) is 0 Å². The minimum absolute atomic E-state index is 0.130. The monoisotopic (exact) mass is 276 g/mol. The van der Waals surface area contributed by atoms with Crippen molar-refractivity contribution in [2.24, 2.45) is 0 Å². The van der Waals surface area contributed by atoms with Gasteiger partial charge in [-0.25, -0.2) is 4.79 Å². The number of aromatic carboxylic acids is 1. The van der Waals surface area contributed by atoms with Crippen molar-refractivity contribution < 1.29 is 23.1 Å². The van der Waals surface area contributed by atoms with E-state index in [2.05, 4.69) is 4.98 Å². The number of carboxylic acids is 1. The number of fused-ring (bicyclic) bond motifs is 1. The number of aromatic amines is 1. The number of H-pyrrole nitrogens is 1. The number of carbonyl (C=O) groups is 1. The van der Waals surface area contributed by atoms with Crippen LogP contribution in [0.25, 0.3) is 0 Å². The molecule has 2 heterocycles. The van der Waals surface area contributed by atoms with Gasteiger partial charge in [-0.1, -0.05) is 0 Å². The van der Waals surface area contributed by atoms with Gasteiger partial charge in [0.2, 0.25) is 5.56 Å². The SMILES string of the molecule is O=C(O)c1cc(=O)[nH]c2c1CN(CC(F)(F)F)CC2. The highest BCUT2D eigenvalue weighted by molar-refractivity contribution is 5.89. The van der Waals surface area contributed by atoms with E-state index in [4.69, 9.17) is 5.11 Å². The molecule has 0 bridgehead atoms. The number of nitrogens with one attached hydrogen (secondary N) is 1. The van der Waals surface area contributed by atoms with E-state index >= 15 is 0 Å². The Labute approximate surface area is 105 Å². The van der Waals surface area contributed by atoms with E-state index in [0.717, 1.165) is 11.0 Å². The van der Waals surface area contributed by atoms with Crippen molar-refractivity contribution >= 4 is 5.97 Å². The van der Waals surface area contributed by atoms with Crippen molar-refractivity contribution in [2.75, 3.05) is 13.1 Å². The van der Waals surface area contributed by atoms with Gasteiger partial charge in [-0.3, -0.25) is 9.69 Å². The molecule has 1 aliphatic rings. The maximum atomic E-state index is 12.3. The number of hydrogen-bond acceptors (Lipinski definition) is 3. The third-order valence-electron chi connectivity index (χ3n) is 2.93. The van der Waals surface area contributed by atoms with Crippen LogP contribution in [0.3, 0.4) is 0 Å². The average molecular weight is 276 g/mol. The summed E-state index contributed by atoms with van der Waals surface area (Å²) in [7, 11) is 0. The molecule has 0 aromatic carbocycles. The maximum Gasteiger partial charge on any atom is 0.401 e. The van der Waals surface area contributed by atoms with Crippen molar-refractivity contribution in [3.05, 3.63) is 33.2 Å². The largest absolute Gasteiger partial charge is 0.478 e. The highest BCUT2D eigenvalue weighted by Gasteiger charge is 2.33. The minimum atomic E-state index is -4.33. The molecule has 1 aromatic heterocycles. The quantitative estimate of drug-likeness (QED) is 0.845. The van der Waals surface area contributed by atoms with Gasteiger partial charge in [0.1, 0.15) is 0 Å². The minimum Gasteiger partial charge on any atom is -0.478 e. The number of halogens is 3. The van der Waals surface area contributed by atoms with Gasteiger partial charge < -0.3 is 10.1 Å². The Morgan fingerprint density at radius 3 is 2.74 bits per heavy atom. The standard InChI is InChI=1S/C11H11F3N2O3/c12-11(13,14)5-16-2-1-8-7(4-16)6(10(18)19)3-9(17)15-8/h3H,1-2,4-5H2,(H,15,17)(H,18,19). The molecule has 0 radical (unpaired) electrons. The number of hydrogen-bond donors (Lipinski definition) is 2. The summed E-state index contributed by atoms with van der Waals surface area (Å²) in [5.74, 6) is -1.31. The van der Waals surface area contributed by atoms with Gasteiger partial charge in [0.15, 0.2) is 0 Å². The summed E-state index contributed by atoms with van der Waals surface area (Å²) in [6.45, 7) is -1.09. The Morgan fingerprint density at radius 1 is 1.47 bits per heavy atom. The number of nitrogens with zero attached hydrogens (tertiary/aromatic N) is 1. The van der Waals surface area contributed by atoms with Crippen LogP contribution in [-0.4, -0.2) is 40.2 Å². The number of carboxylic acid groups (broad SMARTS) is 1. The second-order valence-corrected chi connectivity index (χ2v) is 4.39. The van der Waals surface area contributed by atoms with E-state index in [-0.39, 0.29) is 30.6 Å². The normalized spacial score (nSPS) is 16.2. The van der Waals surface area contributed by atoms with Crippen molar-refractivity contribution in [1.82, 2.24) is 9.88 Å². The van der Waals surface area contributed by atoms with Crippen molar-refractivity contribution in [3.63, 3.8) is 0 Å². The second-order valence-electron chi connectivity index (χ2n) is 4.39. The first-order valence-corrected chi connectivity index (χ1v) is 5.54. The first-order valence-electron chi connectivity index (χ1n) is 5.54. The fourth-order valence-corrected chi connectivity index (χ4v) is 2.19. The highest BCUT2D eigenvalue weighted by Crippen LogP contribution is 2.24. The van der Waals surface area contributed by atoms with Crippen LogP contribution < -0.4 is 5.56 Å². The molecule has 19 heavy (non-hydrogen) atoms. The van der Waals surface area contributed by atoms with Crippen LogP contribution in [0, 0.1) is 0 Å². The third kappa shape index (κ3) is 3.14. The van der Waals surface area contributed by atoms with E-state index in [1.54, 1.807) is 0 Å². The molecule has 0 fully saturated rings. The van der Waals surface area contributed by atoms with E-state index in [9.17, 15) is 22.8 Å². The average Bonchev–Trinajstić information content (AvgIpc) is 2.26. The molecule has 5 nitrogen and oxygen atoms in total. The van der Waals surface area contributed by atoms with Gasteiger partial charge in [-0.05, 0) is 0 Å². The smallest absolute Gasteiger partial charge is 0.401 e. The number of alkyl halides is 3. The summed E-state index contributed by atoms with van der Waals surface area (Å²) in [5.41, 5.74) is -0.128. The lowest BCUT2D eigenvalue weighted by atomic mass is 10.00. The van der Waals surface area contributed by atoms with Crippen LogP contribution >= 0.6 is 0 Å². The Hall–Kier alpha value is -1.83. The molecule has 1 aromatic rings. The lowest BCUT2D eigenvalue weighted by molar-refractivity contribution is -0.147. The van der Waals surface area contributed by atoms with E-state index in [0.29, 0.717) is 5.69 Å². The van der Waals surface area contributed by atoms with Gasteiger partial charge in [0, 0.05) is 36.8 Å². The summed E-state index contributed by atoms with van der Waals surface area (Å²) >= 11 is 0. The first-order chi connectivity index (χ1) is 8.76. The molecule has 0 saturated heterocycles. The van der Waals surface area contributed by atoms with Crippen molar-refractivity contribution in [3.8, 4) is 0 Å². The molecule has 0 spiro atoms. The predicted octanol–water partition coefficient (Wildman–Crippen LogP) is 0.994. The van der Waals surface area contributed by atoms with Gasteiger partial charge in [0.25, 0.3) is 0 Å². The summed E-state index contributed by atoms with van der Waals surface area (Å²) < 4.78 is 37.0. The van der Waals surface area contributed by atoms with Crippen LogP contribution in [0.5, 0.6) is 0 Å². The molecule has 0 atom stereocenters. The van der Waals surface area contributed by atoms with Crippen LogP contribution in [0.1, 0.15) is 21.6 Å². The Morgan fingerprint density at radius 2 is 2.16 bits per heavy atom. The molecule has 0 aliphatic carbocycles. The number of aromatic nitrogens is 1. The fraction of sp³-hybridized carbons (Fsp3) is 0.455. The zero-order valence-electron chi connectivity index (χ0n) is 9.75. The summed E-state index contributed by atoms with van der Waals surface area (Å²) in [6.07, 6.45) is -4.13. The fourth-order valence-electron chi connectivity index (χ4n) is 2.19. The van der Waals surface area contributed by atoms with Crippen LogP contribution in [-0.2, 0) is 13.0 Å². The first kappa shape index (κ1) is 13.6. The molecule has 0 unspecified atom stereocenters. The zero-order valence-corrected chi connectivity index (χ0v) is 9.75. The molecule has 104 valence electrons. The van der Waals surface area contributed by atoms with Crippen LogP contribution in [0.4, 0.5) is 13.2 Å². The van der Waals surface area contributed by atoms with Gasteiger partial charge in [-0.15, -0.1) is 0 Å². The van der Waals surface area contributed by atoms with Gasteiger partial charge in [0.05, 0.1) is 12.1 Å². The molecule has 2 N–H and O–H groups in total. The van der Waals surface area contributed by atoms with E-state index in [1.165, 1.54) is 0 Å². The molecule has 0 amide bonds. The summed E-state index contributed by atoms with van der Waals surface area (Å²) in [4.78, 5) is 25.9. The second kappa shape index (κ2) is 4.69. The molecule has 0 saturated carbocycles. The van der Waals surface area contributed by atoms with Crippen LogP contribution in [0.15, 0.2) is 10.9 Å². The third-order valence-corrected chi connectivity index (χ3v) is 2.93. The zero-order chi connectivity index (χ0) is 14.2. The highest BCUT2D eigenvalue weighted by atomic mass is 19.4. The van der Waals surface area contributed by atoms with Crippen molar-refractivity contribution in [2.45, 2.75) is 19.1 Å². The van der Waals surface area contributed by atoms with Gasteiger partial charge in [-0.2, -0.15) is 13.2 Å². The molecular weight excluding hydrogens is 265 g/mol. The summed E-state index contributed by atoms with van der Waals surface area (Å²) in [6, 6.07) is 0.901. The lowest BCUT2D eigenvalue weighted by Gasteiger charge is -2.29. The Kier molecular flexibility index (Phi) is 3.36. The molecule has 2 rings (SSSR count). The number of pyridine rings is 1. The molecular formula is C11H11F3N2O3. The topological polar surface area (TPSA) is 73.4 Å². The summed E-state index contributed by atoms with van der Waals surface area (Å²) in [5, 5.41) is 8.99. The predicted molar refractivity (Wildman–Crippen MR) is 59.1 cm³/mol. The molecule has 8 heteroatoms. The Balaban J connectivity index is 2.33. The van der Waals surface area contributed by atoms with E-state index < -0.39 is 24.2 Å². The van der Waals surface area contributed by atoms with Gasteiger partial charge >= 0.3 is 12.1 Å². The lowest BCUT2D eigenvalue weighted by Crippen LogP contribution is -2.39. The number of rotatable bonds is 2. The van der Waals surface area contributed by atoms with Crippen LogP contribution in [0.2, 0.25) is 0 Å². The Bertz CT molecular complexity index is 565.